The van der Waals surface area contributed by atoms with E-state index in [1.54, 1.807) is 27.5 Å². The van der Waals surface area contributed by atoms with Gasteiger partial charge in [0.15, 0.2) is 0 Å². The number of nitrogens with zero attached hydrogens (tertiary/aromatic N) is 3. The molecule has 0 aliphatic heterocycles. The standard InChI is InChI=1S/C12H14N4O/c13-9-3-4-14-10(7-9)8-15-5-6-16(12(15)17)11-1-2-11/h3-7,11H,1-2,8H2,(H2,13,14). The van der Waals surface area contributed by atoms with Gasteiger partial charge in [-0.1, -0.05) is 0 Å². The van der Waals surface area contributed by atoms with Crippen molar-refractivity contribution >= 4 is 5.69 Å². The van der Waals surface area contributed by atoms with E-state index < -0.39 is 0 Å². The van der Waals surface area contributed by atoms with Crippen LogP contribution in [0.25, 0.3) is 0 Å². The van der Waals surface area contributed by atoms with Gasteiger partial charge in [0, 0.05) is 30.3 Å². The molecule has 17 heavy (non-hydrogen) atoms. The fraction of sp³-hybridized carbons (Fsp3) is 0.333. The lowest BCUT2D eigenvalue weighted by Crippen LogP contribution is -2.24. The molecule has 1 aliphatic carbocycles. The molecule has 5 nitrogen and oxygen atoms in total. The van der Waals surface area contributed by atoms with Gasteiger partial charge in [-0.15, -0.1) is 0 Å². The van der Waals surface area contributed by atoms with Gasteiger partial charge in [-0.2, -0.15) is 0 Å². The molecule has 1 fully saturated rings. The van der Waals surface area contributed by atoms with Gasteiger partial charge in [0.05, 0.1) is 12.2 Å². The van der Waals surface area contributed by atoms with Crippen LogP contribution in [0.4, 0.5) is 5.69 Å². The SMILES string of the molecule is Nc1ccnc(Cn2ccn(C3CC3)c2=O)c1. The first-order valence-electron chi connectivity index (χ1n) is 5.72. The number of pyridine rings is 1. The third kappa shape index (κ3) is 1.95. The van der Waals surface area contributed by atoms with E-state index in [1.165, 1.54) is 0 Å². The van der Waals surface area contributed by atoms with Crippen molar-refractivity contribution in [2.45, 2.75) is 25.4 Å². The summed E-state index contributed by atoms with van der Waals surface area (Å²) < 4.78 is 3.46. The van der Waals surface area contributed by atoms with Crippen molar-refractivity contribution in [3.8, 4) is 0 Å². The van der Waals surface area contributed by atoms with E-state index >= 15 is 0 Å². The second kappa shape index (κ2) is 3.76. The highest BCUT2D eigenvalue weighted by Gasteiger charge is 2.25. The summed E-state index contributed by atoms with van der Waals surface area (Å²) in [6.45, 7) is 0.476. The molecule has 2 heterocycles. The number of hydrogen-bond donors (Lipinski definition) is 1. The molecule has 5 heteroatoms. The maximum Gasteiger partial charge on any atom is 0.328 e. The van der Waals surface area contributed by atoms with Gasteiger partial charge in [0.1, 0.15) is 0 Å². The van der Waals surface area contributed by atoms with Crippen LogP contribution < -0.4 is 11.4 Å². The van der Waals surface area contributed by atoms with E-state index in [2.05, 4.69) is 4.98 Å². The van der Waals surface area contributed by atoms with Gasteiger partial charge in [-0.25, -0.2) is 4.79 Å². The lowest BCUT2D eigenvalue weighted by atomic mass is 10.3. The predicted octanol–water partition coefficient (Wildman–Crippen LogP) is 1.01. The second-order valence-electron chi connectivity index (χ2n) is 4.43. The minimum atomic E-state index is 0.0386. The Morgan fingerprint density at radius 2 is 2.24 bits per heavy atom. The van der Waals surface area contributed by atoms with Crippen molar-refractivity contribution in [3.05, 3.63) is 46.9 Å². The molecule has 2 aromatic rings. The molecular formula is C12H14N4O. The molecule has 0 unspecified atom stereocenters. The van der Waals surface area contributed by atoms with Crippen molar-refractivity contribution in [1.82, 2.24) is 14.1 Å². The number of hydrogen-bond acceptors (Lipinski definition) is 3. The fourth-order valence-corrected chi connectivity index (χ4v) is 1.94. The molecule has 1 aliphatic rings. The van der Waals surface area contributed by atoms with E-state index in [9.17, 15) is 4.79 Å². The summed E-state index contributed by atoms with van der Waals surface area (Å²) in [4.78, 5) is 16.2. The quantitative estimate of drug-likeness (QED) is 0.855. The minimum absolute atomic E-state index is 0.0386. The minimum Gasteiger partial charge on any atom is -0.399 e. The van der Waals surface area contributed by atoms with Gasteiger partial charge < -0.3 is 5.73 Å². The van der Waals surface area contributed by atoms with Crippen LogP contribution >= 0.6 is 0 Å². The number of nitrogen functional groups attached to an aromatic ring is 1. The molecule has 88 valence electrons. The Morgan fingerprint density at radius 3 is 2.94 bits per heavy atom. The van der Waals surface area contributed by atoms with E-state index in [-0.39, 0.29) is 5.69 Å². The normalized spacial score (nSPS) is 15.1. The van der Waals surface area contributed by atoms with Crippen LogP contribution in [0.2, 0.25) is 0 Å². The van der Waals surface area contributed by atoms with Crippen molar-refractivity contribution in [2.24, 2.45) is 0 Å². The van der Waals surface area contributed by atoms with E-state index in [4.69, 9.17) is 5.73 Å². The Morgan fingerprint density at radius 1 is 1.41 bits per heavy atom. The number of nitrogens with two attached hydrogens (primary N) is 1. The summed E-state index contributed by atoms with van der Waals surface area (Å²) in [7, 11) is 0. The first-order chi connectivity index (χ1) is 8.24. The summed E-state index contributed by atoms with van der Waals surface area (Å²) in [6.07, 6.45) is 7.55. The maximum absolute atomic E-state index is 12.0. The fourth-order valence-electron chi connectivity index (χ4n) is 1.94. The lowest BCUT2D eigenvalue weighted by Gasteiger charge is -2.02. The Bertz CT molecular complexity index is 595. The van der Waals surface area contributed by atoms with E-state index in [1.807, 2.05) is 12.4 Å². The highest BCUT2D eigenvalue weighted by atomic mass is 16.1. The van der Waals surface area contributed by atoms with Gasteiger partial charge in [0.25, 0.3) is 0 Å². The third-order valence-corrected chi connectivity index (χ3v) is 2.99. The molecule has 2 aromatic heterocycles. The van der Waals surface area contributed by atoms with Crippen LogP contribution in [0.1, 0.15) is 24.6 Å². The zero-order valence-corrected chi connectivity index (χ0v) is 9.41. The first-order valence-corrected chi connectivity index (χ1v) is 5.72. The van der Waals surface area contributed by atoms with Crippen molar-refractivity contribution < 1.29 is 0 Å². The van der Waals surface area contributed by atoms with E-state index in [0.717, 1.165) is 18.5 Å². The Kier molecular flexibility index (Phi) is 2.24. The van der Waals surface area contributed by atoms with Crippen LogP contribution in [-0.4, -0.2) is 14.1 Å². The van der Waals surface area contributed by atoms with Crippen LogP contribution in [0.3, 0.4) is 0 Å². The van der Waals surface area contributed by atoms with Crippen molar-refractivity contribution in [2.75, 3.05) is 5.73 Å². The average Bonchev–Trinajstić information content (AvgIpc) is 3.07. The Labute approximate surface area is 98.5 Å². The molecule has 3 rings (SSSR count). The summed E-state index contributed by atoms with van der Waals surface area (Å²) >= 11 is 0. The van der Waals surface area contributed by atoms with Gasteiger partial charge in [0.2, 0.25) is 0 Å². The number of rotatable bonds is 3. The largest absolute Gasteiger partial charge is 0.399 e. The van der Waals surface area contributed by atoms with Gasteiger partial charge in [-0.3, -0.25) is 14.1 Å². The summed E-state index contributed by atoms with van der Waals surface area (Å²) in [6, 6.07) is 3.94. The lowest BCUT2D eigenvalue weighted by molar-refractivity contribution is 0.651. The maximum atomic E-state index is 12.0. The average molecular weight is 230 g/mol. The van der Waals surface area contributed by atoms with Crippen molar-refractivity contribution in [3.63, 3.8) is 0 Å². The molecular weight excluding hydrogens is 216 g/mol. The monoisotopic (exact) mass is 230 g/mol. The topological polar surface area (TPSA) is 65.8 Å². The molecule has 0 aromatic carbocycles. The van der Waals surface area contributed by atoms with Gasteiger partial charge in [-0.05, 0) is 25.0 Å². The highest BCUT2D eigenvalue weighted by molar-refractivity contribution is 5.37. The van der Waals surface area contributed by atoms with Crippen LogP contribution in [-0.2, 0) is 6.54 Å². The highest BCUT2D eigenvalue weighted by Crippen LogP contribution is 2.33. The molecule has 0 spiro atoms. The molecule has 2 N–H and O–H groups in total. The second-order valence-corrected chi connectivity index (χ2v) is 4.43. The molecule has 0 saturated heterocycles. The van der Waals surface area contributed by atoms with Gasteiger partial charge >= 0.3 is 5.69 Å². The zero-order valence-electron chi connectivity index (χ0n) is 9.41. The predicted molar refractivity (Wildman–Crippen MR) is 64.7 cm³/mol. The molecule has 1 saturated carbocycles. The summed E-state index contributed by atoms with van der Waals surface area (Å²) in [5, 5.41) is 0. The summed E-state index contributed by atoms with van der Waals surface area (Å²) in [5.74, 6) is 0. The number of imidazole rings is 1. The molecule has 0 bridgehead atoms. The zero-order chi connectivity index (χ0) is 11.8. The summed E-state index contributed by atoms with van der Waals surface area (Å²) in [5.41, 5.74) is 7.20. The Balaban J connectivity index is 1.88. The van der Waals surface area contributed by atoms with Crippen molar-refractivity contribution in [1.29, 1.82) is 0 Å². The Hall–Kier alpha value is -2.04. The van der Waals surface area contributed by atoms with Crippen LogP contribution in [0.15, 0.2) is 35.5 Å². The molecule has 0 radical (unpaired) electrons. The molecule has 0 amide bonds. The first kappa shape index (κ1) is 10.1. The third-order valence-electron chi connectivity index (χ3n) is 2.99. The number of anilines is 1. The van der Waals surface area contributed by atoms with E-state index in [0.29, 0.717) is 18.3 Å². The van der Waals surface area contributed by atoms with Crippen LogP contribution in [0.5, 0.6) is 0 Å². The van der Waals surface area contributed by atoms with Crippen LogP contribution in [0, 0.1) is 0 Å². The smallest absolute Gasteiger partial charge is 0.328 e. The molecule has 0 atom stereocenters. The number of aromatic nitrogens is 3.